The van der Waals surface area contributed by atoms with E-state index in [0.29, 0.717) is 0 Å². The van der Waals surface area contributed by atoms with E-state index in [-0.39, 0.29) is 22.9 Å². The number of nitrogens with one attached hydrogen (secondary N) is 1. The number of guanidine groups is 1. The fraction of sp³-hybridized carbons (Fsp3) is 0.176. The normalized spacial score (nSPS) is 19.9. The van der Waals surface area contributed by atoms with Gasteiger partial charge in [-0.1, -0.05) is 6.07 Å². The minimum atomic E-state index is -1.58. The van der Waals surface area contributed by atoms with Gasteiger partial charge in [0.05, 0.1) is 0 Å². The number of halogens is 1. The van der Waals surface area contributed by atoms with Crippen LogP contribution < -0.4 is 11.1 Å². The molecule has 8 nitrogen and oxygen atoms in total. The van der Waals surface area contributed by atoms with Gasteiger partial charge in [0.25, 0.3) is 11.8 Å². The molecule has 2 aromatic rings. The number of aliphatic hydroxyl groups excluding tert-OH is 1. The molecule has 4 N–H and O–H groups in total. The number of aromatic nitrogens is 1. The number of amides is 2. The van der Waals surface area contributed by atoms with Crippen LogP contribution in [0, 0.1) is 5.82 Å². The van der Waals surface area contributed by atoms with Crippen molar-refractivity contribution in [3.8, 4) is 0 Å². The van der Waals surface area contributed by atoms with E-state index in [1.54, 1.807) is 12.1 Å². The smallest absolute Gasteiger partial charge is 0.274 e. The zero-order valence-corrected chi connectivity index (χ0v) is 13.8. The van der Waals surface area contributed by atoms with Crippen LogP contribution in [-0.2, 0) is 4.79 Å². The van der Waals surface area contributed by atoms with Gasteiger partial charge < -0.3 is 16.2 Å². The molecule has 0 radical (unpaired) electrons. The highest BCUT2D eigenvalue weighted by molar-refractivity contribution is 6.03. The molecule has 0 saturated heterocycles. The molecule has 1 aliphatic heterocycles. The lowest BCUT2D eigenvalue weighted by atomic mass is 9.98. The lowest BCUT2D eigenvalue weighted by molar-refractivity contribution is -0.137. The summed E-state index contributed by atoms with van der Waals surface area (Å²) in [6, 6.07) is 7.44. The molecule has 2 amide bonds. The summed E-state index contributed by atoms with van der Waals surface area (Å²) in [5, 5.41) is 12.7. The first-order chi connectivity index (χ1) is 12.4. The topological polar surface area (TPSA) is 121 Å². The third-order valence-corrected chi connectivity index (χ3v) is 3.97. The molecule has 134 valence electrons. The van der Waals surface area contributed by atoms with Crippen LogP contribution in [0.4, 0.5) is 10.1 Å². The minimum absolute atomic E-state index is 0.0549. The van der Waals surface area contributed by atoms with Gasteiger partial charge in [0.2, 0.25) is 0 Å². The van der Waals surface area contributed by atoms with E-state index >= 15 is 0 Å². The van der Waals surface area contributed by atoms with Gasteiger partial charge in [0.15, 0.2) is 12.1 Å². The van der Waals surface area contributed by atoms with Gasteiger partial charge in [0, 0.05) is 24.5 Å². The highest BCUT2D eigenvalue weighted by atomic mass is 19.1. The Morgan fingerprint density at radius 1 is 1.35 bits per heavy atom. The fourth-order valence-electron chi connectivity index (χ4n) is 2.53. The first-order valence-electron chi connectivity index (χ1n) is 7.69. The molecular weight excluding hydrogens is 341 g/mol. The first-order valence-corrected chi connectivity index (χ1v) is 7.69. The van der Waals surface area contributed by atoms with E-state index in [9.17, 15) is 19.1 Å². The van der Waals surface area contributed by atoms with Crippen molar-refractivity contribution >= 4 is 23.5 Å². The molecule has 2 unspecified atom stereocenters. The van der Waals surface area contributed by atoms with Crippen molar-refractivity contribution in [3.63, 3.8) is 0 Å². The van der Waals surface area contributed by atoms with Crippen LogP contribution in [-0.4, -0.2) is 45.9 Å². The van der Waals surface area contributed by atoms with Crippen molar-refractivity contribution in [1.82, 2.24) is 9.88 Å². The van der Waals surface area contributed by atoms with Gasteiger partial charge in [-0.25, -0.2) is 9.38 Å². The number of benzene rings is 1. The molecule has 2 atom stereocenters. The molecule has 0 fully saturated rings. The van der Waals surface area contributed by atoms with Gasteiger partial charge in [-0.05, 0) is 30.3 Å². The SMILES string of the molecule is CN1C(=O)C(O)C(c2cc(NC(=O)c3ccccn3)ccc2F)N=C1N. The Balaban J connectivity index is 1.91. The Hall–Kier alpha value is -3.33. The second-order valence-corrected chi connectivity index (χ2v) is 5.68. The highest BCUT2D eigenvalue weighted by Crippen LogP contribution is 2.30. The molecular formula is C17H16FN5O3. The Morgan fingerprint density at radius 3 is 2.81 bits per heavy atom. The number of nitrogens with zero attached hydrogens (tertiary/aromatic N) is 3. The number of likely N-dealkylation sites (N-methyl/N-ethyl adjacent to an activating group) is 1. The number of pyridine rings is 1. The lowest BCUT2D eigenvalue weighted by Crippen LogP contribution is -2.50. The molecule has 26 heavy (non-hydrogen) atoms. The monoisotopic (exact) mass is 357 g/mol. The number of hydrogen-bond donors (Lipinski definition) is 3. The first kappa shape index (κ1) is 17.5. The van der Waals surface area contributed by atoms with E-state index in [1.165, 1.54) is 31.4 Å². The number of carbonyl (C=O) groups excluding carboxylic acids is 2. The van der Waals surface area contributed by atoms with E-state index in [0.717, 1.165) is 11.0 Å². The third-order valence-electron chi connectivity index (χ3n) is 3.97. The predicted molar refractivity (Wildman–Crippen MR) is 91.7 cm³/mol. The lowest BCUT2D eigenvalue weighted by Gasteiger charge is -2.30. The van der Waals surface area contributed by atoms with Crippen LogP contribution in [0.2, 0.25) is 0 Å². The summed E-state index contributed by atoms with van der Waals surface area (Å²) in [6.07, 6.45) is -0.105. The molecule has 3 rings (SSSR count). The second kappa shape index (κ2) is 6.89. The summed E-state index contributed by atoms with van der Waals surface area (Å²) in [6.45, 7) is 0. The van der Waals surface area contributed by atoms with Crippen LogP contribution >= 0.6 is 0 Å². The zero-order valence-electron chi connectivity index (χ0n) is 13.8. The van der Waals surface area contributed by atoms with Gasteiger partial charge >= 0.3 is 0 Å². The number of aliphatic hydroxyl groups is 1. The molecule has 2 heterocycles. The number of hydrogen-bond acceptors (Lipinski definition) is 6. The molecule has 0 aliphatic carbocycles. The summed E-state index contributed by atoms with van der Waals surface area (Å²) in [5.74, 6) is -1.98. The fourth-order valence-corrected chi connectivity index (χ4v) is 2.53. The maximum Gasteiger partial charge on any atom is 0.274 e. The Labute approximate surface area is 148 Å². The van der Waals surface area contributed by atoms with E-state index in [1.807, 2.05) is 0 Å². The number of nitrogens with two attached hydrogens (primary N) is 1. The predicted octanol–water partition coefficient (Wildman–Crippen LogP) is 0.662. The largest absolute Gasteiger partial charge is 0.381 e. The van der Waals surface area contributed by atoms with Crippen LogP contribution in [0.5, 0.6) is 0 Å². The second-order valence-electron chi connectivity index (χ2n) is 5.68. The van der Waals surface area contributed by atoms with Crippen molar-refractivity contribution in [2.24, 2.45) is 10.7 Å². The van der Waals surface area contributed by atoms with Crippen molar-refractivity contribution in [2.45, 2.75) is 12.1 Å². The summed E-state index contributed by atoms with van der Waals surface area (Å²) in [7, 11) is 1.36. The molecule has 9 heteroatoms. The van der Waals surface area contributed by atoms with Gasteiger partial charge in [0.1, 0.15) is 17.6 Å². The molecule has 1 aliphatic rings. The van der Waals surface area contributed by atoms with Gasteiger partial charge in [-0.15, -0.1) is 0 Å². The Morgan fingerprint density at radius 2 is 2.12 bits per heavy atom. The number of anilines is 1. The van der Waals surface area contributed by atoms with Crippen molar-refractivity contribution < 1.29 is 19.1 Å². The van der Waals surface area contributed by atoms with Crippen molar-refractivity contribution in [2.75, 3.05) is 12.4 Å². The van der Waals surface area contributed by atoms with Crippen LogP contribution in [0.1, 0.15) is 22.1 Å². The van der Waals surface area contributed by atoms with Crippen molar-refractivity contribution in [3.05, 3.63) is 59.7 Å². The quantitative estimate of drug-likeness (QED) is 0.745. The van der Waals surface area contributed by atoms with E-state index < -0.39 is 29.8 Å². The van der Waals surface area contributed by atoms with Crippen LogP contribution in [0.15, 0.2) is 47.6 Å². The third kappa shape index (κ3) is 3.24. The molecule has 0 saturated carbocycles. The molecule has 0 bridgehead atoms. The minimum Gasteiger partial charge on any atom is -0.381 e. The Bertz CT molecular complexity index is 887. The number of rotatable bonds is 3. The maximum atomic E-state index is 14.3. The Kier molecular flexibility index (Phi) is 4.63. The van der Waals surface area contributed by atoms with E-state index in [4.69, 9.17) is 5.73 Å². The average molecular weight is 357 g/mol. The van der Waals surface area contributed by atoms with Crippen molar-refractivity contribution in [1.29, 1.82) is 0 Å². The van der Waals surface area contributed by atoms with Crippen LogP contribution in [0.25, 0.3) is 0 Å². The van der Waals surface area contributed by atoms with Crippen LogP contribution in [0.3, 0.4) is 0 Å². The molecule has 1 aromatic heterocycles. The van der Waals surface area contributed by atoms with Gasteiger partial charge in [-0.3, -0.25) is 19.5 Å². The number of aliphatic imine (C=N–C) groups is 1. The highest BCUT2D eigenvalue weighted by Gasteiger charge is 2.37. The summed E-state index contributed by atoms with van der Waals surface area (Å²) >= 11 is 0. The summed E-state index contributed by atoms with van der Waals surface area (Å²) < 4.78 is 14.3. The van der Waals surface area contributed by atoms with E-state index in [2.05, 4.69) is 15.3 Å². The molecule has 0 spiro atoms. The maximum absolute atomic E-state index is 14.3. The summed E-state index contributed by atoms with van der Waals surface area (Å²) in [4.78, 5) is 33.1. The number of carbonyl (C=O) groups is 2. The van der Waals surface area contributed by atoms with Gasteiger partial charge in [-0.2, -0.15) is 0 Å². The summed E-state index contributed by atoms with van der Waals surface area (Å²) in [5.41, 5.74) is 6.05. The zero-order chi connectivity index (χ0) is 18.8. The standard InChI is InChI=1S/C17H16FN5O3/c1-23-16(26)14(24)13(22-17(23)19)10-8-9(5-6-11(10)18)21-15(25)12-4-2-3-7-20-12/h2-8,13-14,24H,1H3,(H2,19,22)(H,21,25). The average Bonchev–Trinajstić information content (AvgIpc) is 2.65. The molecule has 1 aromatic carbocycles.